The maximum absolute atomic E-state index is 14.2. The van der Waals surface area contributed by atoms with Gasteiger partial charge in [0, 0.05) is 17.1 Å². The zero-order chi connectivity index (χ0) is 21.8. The molecule has 1 aromatic heterocycles. The molecule has 2 aromatic carbocycles. The van der Waals surface area contributed by atoms with Gasteiger partial charge in [-0.1, -0.05) is 18.2 Å². The van der Waals surface area contributed by atoms with Crippen LogP contribution < -0.4 is 5.32 Å². The molecule has 0 saturated carbocycles. The van der Waals surface area contributed by atoms with Crippen molar-refractivity contribution in [3.8, 4) is 11.8 Å². The number of aryl methyl sites for hydroxylation is 1. The molecule has 2 N–H and O–H groups in total. The van der Waals surface area contributed by atoms with Crippen LogP contribution in [0.1, 0.15) is 27.3 Å². The number of halogens is 1. The van der Waals surface area contributed by atoms with Gasteiger partial charge >= 0.3 is 5.97 Å². The number of amides is 1. The third-order valence-corrected chi connectivity index (χ3v) is 4.60. The van der Waals surface area contributed by atoms with E-state index in [9.17, 15) is 19.2 Å². The molecule has 0 aliphatic heterocycles. The molecule has 7 heteroatoms. The maximum atomic E-state index is 14.2. The molecular formula is C23H18FN3O3. The molecule has 1 amide bonds. The summed E-state index contributed by atoms with van der Waals surface area (Å²) in [4.78, 5) is 23.6. The van der Waals surface area contributed by atoms with Crippen molar-refractivity contribution in [2.45, 2.75) is 13.8 Å². The summed E-state index contributed by atoms with van der Waals surface area (Å²) in [5.74, 6) is -2.18. The van der Waals surface area contributed by atoms with Crippen molar-refractivity contribution < 1.29 is 19.1 Å². The summed E-state index contributed by atoms with van der Waals surface area (Å²) in [5.41, 5.74) is 2.51. The van der Waals surface area contributed by atoms with Gasteiger partial charge in [-0.2, -0.15) is 5.26 Å². The normalized spacial score (nSPS) is 11.1. The Balaban J connectivity index is 1.93. The number of nitrogens with one attached hydrogen (secondary N) is 1. The smallest absolute Gasteiger partial charge is 0.335 e. The lowest BCUT2D eigenvalue weighted by atomic mass is 10.1. The second-order valence-corrected chi connectivity index (χ2v) is 6.62. The Bertz CT molecular complexity index is 1220. The number of carboxylic acids is 1. The highest BCUT2D eigenvalue weighted by molar-refractivity contribution is 6.10. The molecule has 0 fully saturated rings. The topological polar surface area (TPSA) is 95.1 Å². The van der Waals surface area contributed by atoms with Gasteiger partial charge in [0.15, 0.2) is 0 Å². The Morgan fingerprint density at radius 2 is 1.87 bits per heavy atom. The van der Waals surface area contributed by atoms with Gasteiger partial charge in [0.1, 0.15) is 17.5 Å². The van der Waals surface area contributed by atoms with Gasteiger partial charge in [-0.25, -0.2) is 9.18 Å². The zero-order valence-electron chi connectivity index (χ0n) is 16.3. The molecule has 0 spiro atoms. The fourth-order valence-electron chi connectivity index (χ4n) is 3.17. The third kappa shape index (κ3) is 4.13. The summed E-state index contributed by atoms with van der Waals surface area (Å²) in [5, 5.41) is 21.1. The fourth-order valence-corrected chi connectivity index (χ4v) is 3.17. The monoisotopic (exact) mass is 403 g/mol. The number of nitriles is 1. The van der Waals surface area contributed by atoms with E-state index in [2.05, 4.69) is 5.32 Å². The van der Waals surface area contributed by atoms with Gasteiger partial charge in [-0.05, 0) is 61.9 Å². The zero-order valence-corrected chi connectivity index (χ0v) is 16.3. The average Bonchev–Trinajstić information content (AvgIpc) is 2.99. The molecular weight excluding hydrogens is 385 g/mol. The van der Waals surface area contributed by atoms with Crippen LogP contribution in [-0.4, -0.2) is 21.6 Å². The summed E-state index contributed by atoms with van der Waals surface area (Å²) in [6.45, 7) is 3.58. The Labute approximate surface area is 172 Å². The Morgan fingerprint density at radius 3 is 2.53 bits per heavy atom. The molecule has 0 bridgehead atoms. The van der Waals surface area contributed by atoms with E-state index in [-0.39, 0.29) is 22.6 Å². The molecule has 150 valence electrons. The van der Waals surface area contributed by atoms with Crippen LogP contribution in [0, 0.1) is 31.0 Å². The van der Waals surface area contributed by atoms with Gasteiger partial charge in [0.05, 0.1) is 11.3 Å². The number of aromatic nitrogens is 1. The van der Waals surface area contributed by atoms with Crippen LogP contribution in [0.3, 0.4) is 0 Å². The van der Waals surface area contributed by atoms with Crippen LogP contribution in [0.4, 0.5) is 10.1 Å². The number of carbonyl (C=O) groups is 2. The fraction of sp³-hybridized carbons (Fsp3) is 0.0870. The van der Waals surface area contributed by atoms with Crippen LogP contribution in [0.15, 0.2) is 60.2 Å². The highest BCUT2D eigenvalue weighted by Crippen LogP contribution is 2.24. The number of anilines is 1. The first-order valence-electron chi connectivity index (χ1n) is 9.02. The van der Waals surface area contributed by atoms with Crippen molar-refractivity contribution in [1.82, 2.24) is 4.57 Å². The molecule has 30 heavy (non-hydrogen) atoms. The molecule has 0 aliphatic carbocycles. The van der Waals surface area contributed by atoms with Crippen molar-refractivity contribution in [2.75, 3.05) is 5.32 Å². The number of benzene rings is 2. The average molecular weight is 403 g/mol. The lowest BCUT2D eigenvalue weighted by Gasteiger charge is -2.10. The summed E-state index contributed by atoms with van der Waals surface area (Å²) < 4.78 is 16.0. The first-order valence-corrected chi connectivity index (χ1v) is 9.02. The van der Waals surface area contributed by atoms with Crippen molar-refractivity contribution in [2.24, 2.45) is 0 Å². The predicted octanol–water partition coefficient (Wildman–Crippen LogP) is 4.48. The van der Waals surface area contributed by atoms with E-state index < -0.39 is 11.9 Å². The Kier molecular flexibility index (Phi) is 5.79. The van der Waals surface area contributed by atoms with Gasteiger partial charge in [-0.15, -0.1) is 0 Å². The SMILES string of the molecule is Cc1cc(/C=C(/C#N)C(=O)Nc2cccc(C(=O)O)c2)c(C)n1-c1ccccc1F. The summed E-state index contributed by atoms with van der Waals surface area (Å²) in [6.07, 6.45) is 1.43. The molecule has 0 unspecified atom stereocenters. The van der Waals surface area contributed by atoms with E-state index in [0.717, 1.165) is 5.69 Å². The summed E-state index contributed by atoms with van der Waals surface area (Å²) >= 11 is 0. The standard InChI is InChI=1S/C23H18FN3O3/c1-14-10-17(15(2)27(14)21-9-4-3-8-20(21)24)11-18(13-25)22(28)26-19-7-5-6-16(12-19)23(29)30/h3-12H,1-2H3,(H,26,28)(H,29,30)/b18-11-. The van der Waals surface area contributed by atoms with Gasteiger partial charge < -0.3 is 15.0 Å². The minimum atomic E-state index is -1.12. The van der Waals surface area contributed by atoms with E-state index in [1.165, 1.54) is 36.4 Å². The van der Waals surface area contributed by atoms with Gasteiger partial charge in [0.2, 0.25) is 0 Å². The van der Waals surface area contributed by atoms with E-state index in [4.69, 9.17) is 5.11 Å². The number of carboxylic acid groups (broad SMARTS) is 1. The van der Waals surface area contributed by atoms with E-state index in [1.807, 2.05) is 6.07 Å². The summed E-state index contributed by atoms with van der Waals surface area (Å²) in [6, 6.07) is 15.7. The number of hydrogen-bond donors (Lipinski definition) is 2. The van der Waals surface area contributed by atoms with Crippen molar-refractivity contribution >= 4 is 23.6 Å². The first kappa shape index (κ1) is 20.6. The van der Waals surface area contributed by atoms with Crippen LogP contribution >= 0.6 is 0 Å². The molecule has 0 radical (unpaired) electrons. The van der Waals surface area contributed by atoms with E-state index >= 15 is 0 Å². The molecule has 0 saturated heterocycles. The molecule has 6 nitrogen and oxygen atoms in total. The Morgan fingerprint density at radius 1 is 1.13 bits per heavy atom. The van der Waals surface area contributed by atoms with Crippen LogP contribution in [0.2, 0.25) is 0 Å². The quantitative estimate of drug-likeness (QED) is 0.485. The summed E-state index contributed by atoms with van der Waals surface area (Å²) in [7, 11) is 0. The number of hydrogen-bond acceptors (Lipinski definition) is 3. The van der Waals surface area contributed by atoms with Gasteiger partial charge in [-0.3, -0.25) is 4.79 Å². The van der Waals surface area contributed by atoms with Crippen molar-refractivity contribution in [3.63, 3.8) is 0 Å². The third-order valence-electron chi connectivity index (χ3n) is 4.60. The van der Waals surface area contributed by atoms with E-state index in [0.29, 0.717) is 16.9 Å². The van der Waals surface area contributed by atoms with Crippen LogP contribution in [0.25, 0.3) is 11.8 Å². The van der Waals surface area contributed by atoms with Crippen LogP contribution in [-0.2, 0) is 4.79 Å². The second kappa shape index (κ2) is 8.45. The number of aromatic carboxylic acids is 1. The van der Waals surface area contributed by atoms with Crippen molar-refractivity contribution in [1.29, 1.82) is 5.26 Å². The highest BCUT2D eigenvalue weighted by atomic mass is 19.1. The number of rotatable bonds is 5. The highest BCUT2D eigenvalue weighted by Gasteiger charge is 2.16. The first-order chi connectivity index (χ1) is 14.3. The second-order valence-electron chi connectivity index (χ2n) is 6.62. The largest absolute Gasteiger partial charge is 0.478 e. The molecule has 3 aromatic rings. The van der Waals surface area contributed by atoms with Crippen molar-refractivity contribution in [3.05, 3.63) is 88.5 Å². The molecule has 0 aliphatic rings. The van der Waals surface area contributed by atoms with Crippen LogP contribution in [0.5, 0.6) is 0 Å². The molecule has 0 atom stereocenters. The molecule has 1 heterocycles. The van der Waals surface area contributed by atoms with E-state index in [1.54, 1.807) is 42.7 Å². The minimum Gasteiger partial charge on any atom is -0.478 e. The Hall–Kier alpha value is -4.18. The number of carbonyl (C=O) groups excluding carboxylic acids is 1. The maximum Gasteiger partial charge on any atom is 0.335 e. The molecule has 3 rings (SSSR count). The lowest BCUT2D eigenvalue weighted by molar-refractivity contribution is -0.112. The number of nitrogens with zero attached hydrogens (tertiary/aromatic N) is 2. The number of para-hydroxylation sites is 1. The lowest BCUT2D eigenvalue weighted by Crippen LogP contribution is -2.14. The minimum absolute atomic E-state index is 0.0173. The van der Waals surface area contributed by atoms with Gasteiger partial charge in [0.25, 0.3) is 5.91 Å². The predicted molar refractivity (Wildman–Crippen MR) is 111 cm³/mol.